The number of alkyl halides is 2. The third-order valence-corrected chi connectivity index (χ3v) is 6.10. The van der Waals surface area contributed by atoms with Gasteiger partial charge in [0.25, 0.3) is 5.91 Å². The Morgan fingerprint density at radius 2 is 2.09 bits per heavy atom. The molecule has 1 unspecified atom stereocenters. The van der Waals surface area contributed by atoms with E-state index in [0.717, 1.165) is 17.4 Å². The molecule has 1 aliphatic heterocycles. The van der Waals surface area contributed by atoms with Gasteiger partial charge < -0.3 is 9.64 Å². The van der Waals surface area contributed by atoms with Crippen LogP contribution in [-0.4, -0.2) is 56.6 Å². The Morgan fingerprint density at radius 3 is 2.75 bits per heavy atom. The van der Waals surface area contributed by atoms with Crippen LogP contribution in [0.1, 0.15) is 30.1 Å². The molecule has 10 heteroatoms. The standard InChI is InChI=1S/C22H24F3N5O2/c1-21(9-6-18(23)7-10-21)17-8-11-29(12-17)20(31)16-2-4-19(5-3-16)32-14-22(24,25)13-30-15-26-27-28-30/h2-7,9,15,17H,8,10-14H2,1H3/t17-,21?/m0/s1. The fraction of sp³-hybridized carbons (Fsp3) is 0.455. The highest BCUT2D eigenvalue weighted by Crippen LogP contribution is 2.42. The summed E-state index contributed by atoms with van der Waals surface area (Å²) in [6.45, 7) is 1.78. The van der Waals surface area contributed by atoms with Crippen molar-refractivity contribution in [3.05, 3.63) is 60.2 Å². The highest BCUT2D eigenvalue weighted by molar-refractivity contribution is 5.94. The number of amides is 1. The molecule has 2 heterocycles. The lowest BCUT2D eigenvalue weighted by atomic mass is 9.72. The van der Waals surface area contributed by atoms with Crippen LogP contribution >= 0.6 is 0 Å². The zero-order valence-corrected chi connectivity index (χ0v) is 17.6. The second kappa shape index (κ2) is 8.76. The van der Waals surface area contributed by atoms with E-state index in [2.05, 4.69) is 22.4 Å². The molecular formula is C22H24F3N5O2. The molecule has 0 saturated carbocycles. The van der Waals surface area contributed by atoms with Gasteiger partial charge in [-0.3, -0.25) is 4.79 Å². The summed E-state index contributed by atoms with van der Waals surface area (Å²) in [5.74, 6) is -3.00. The quantitative estimate of drug-likeness (QED) is 0.648. The first-order valence-electron chi connectivity index (χ1n) is 10.4. The predicted molar refractivity (Wildman–Crippen MR) is 110 cm³/mol. The van der Waals surface area contributed by atoms with Gasteiger partial charge in [0.2, 0.25) is 0 Å². The maximum absolute atomic E-state index is 14.0. The Bertz CT molecular complexity index is 1010. The van der Waals surface area contributed by atoms with Gasteiger partial charge in [0.15, 0.2) is 6.61 Å². The molecule has 2 aliphatic rings. The first kappa shape index (κ1) is 22.0. The van der Waals surface area contributed by atoms with Crippen LogP contribution in [0.25, 0.3) is 0 Å². The van der Waals surface area contributed by atoms with E-state index in [9.17, 15) is 18.0 Å². The smallest absolute Gasteiger partial charge is 0.300 e. The average molecular weight is 447 g/mol. The molecule has 0 spiro atoms. The number of allylic oxidation sites excluding steroid dienone is 4. The fourth-order valence-corrected chi connectivity index (χ4v) is 4.11. The van der Waals surface area contributed by atoms with E-state index in [1.807, 2.05) is 6.08 Å². The molecule has 7 nitrogen and oxygen atoms in total. The number of carbonyl (C=O) groups excluding carboxylic acids is 1. The third-order valence-electron chi connectivity index (χ3n) is 6.10. The Morgan fingerprint density at radius 1 is 1.31 bits per heavy atom. The summed E-state index contributed by atoms with van der Waals surface area (Å²) in [6, 6.07) is 6.16. The Balaban J connectivity index is 1.31. The lowest BCUT2D eigenvalue weighted by Crippen LogP contribution is -2.33. The summed E-state index contributed by atoms with van der Waals surface area (Å²) < 4.78 is 47.5. The molecule has 32 heavy (non-hydrogen) atoms. The number of rotatable bonds is 7. The number of hydrogen-bond acceptors (Lipinski definition) is 5. The Hall–Kier alpha value is -3.17. The average Bonchev–Trinajstić information content (AvgIpc) is 3.47. The largest absolute Gasteiger partial charge is 0.487 e. The summed E-state index contributed by atoms with van der Waals surface area (Å²) in [5, 5.41) is 10.1. The Kier molecular flexibility index (Phi) is 6.03. The van der Waals surface area contributed by atoms with Crippen molar-refractivity contribution in [2.24, 2.45) is 11.3 Å². The molecule has 1 fully saturated rings. The molecule has 0 N–H and O–H groups in total. The van der Waals surface area contributed by atoms with Gasteiger partial charge in [-0.25, -0.2) is 17.9 Å². The first-order valence-corrected chi connectivity index (χ1v) is 10.4. The summed E-state index contributed by atoms with van der Waals surface area (Å²) in [7, 11) is 0. The SMILES string of the molecule is CC1([C@H]2CCN(C(=O)c3ccc(OCC(F)(F)Cn4cnnn4)cc3)C2)C=CC(F)=CC1. The van der Waals surface area contributed by atoms with E-state index in [0.29, 0.717) is 25.1 Å². The second-order valence-electron chi connectivity index (χ2n) is 8.55. The highest BCUT2D eigenvalue weighted by atomic mass is 19.3. The van der Waals surface area contributed by atoms with Gasteiger partial charge >= 0.3 is 5.92 Å². The van der Waals surface area contributed by atoms with E-state index < -0.39 is 19.1 Å². The minimum absolute atomic E-state index is 0.117. The van der Waals surface area contributed by atoms with E-state index in [1.54, 1.807) is 23.1 Å². The summed E-state index contributed by atoms with van der Waals surface area (Å²) in [5.41, 5.74) is 0.296. The molecule has 1 amide bonds. The number of aromatic nitrogens is 4. The summed E-state index contributed by atoms with van der Waals surface area (Å²) in [6.07, 6.45) is 7.57. The number of carbonyl (C=O) groups is 1. The van der Waals surface area contributed by atoms with Gasteiger partial charge in [-0.2, -0.15) is 0 Å². The van der Waals surface area contributed by atoms with Crippen LogP contribution in [-0.2, 0) is 6.54 Å². The minimum atomic E-state index is -3.16. The summed E-state index contributed by atoms with van der Waals surface area (Å²) >= 11 is 0. The highest BCUT2D eigenvalue weighted by Gasteiger charge is 2.39. The lowest BCUT2D eigenvalue weighted by molar-refractivity contribution is -0.0574. The molecular weight excluding hydrogens is 423 g/mol. The maximum atomic E-state index is 14.0. The van der Waals surface area contributed by atoms with Crippen molar-refractivity contribution in [1.29, 1.82) is 0 Å². The number of hydrogen-bond donors (Lipinski definition) is 0. The van der Waals surface area contributed by atoms with Crippen molar-refractivity contribution in [2.45, 2.75) is 32.2 Å². The van der Waals surface area contributed by atoms with Gasteiger partial charge in [-0.1, -0.05) is 13.0 Å². The minimum Gasteiger partial charge on any atom is -0.487 e. The van der Waals surface area contributed by atoms with Crippen molar-refractivity contribution in [1.82, 2.24) is 25.1 Å². The monoisotopic (exact) mass is 447 g/mol. The van der Waals surface area contributed by atoms with Crippen LogP contribution in [0.3, 0.4) is 0 Å². The summed E-state index contributed by atoms with van der Waals surface area (Å²) in [4.78, 5) is 14.7. The second-order valence-corrected chi connectivity index (χ2v) is 8.55. The zero-order chi connectivity index (χ0) is 22.8. The van der Waals surface area contributed by atoms with Crippen molar-refractivity contribution in [2.75, 3.05) is 19.7 Å². The van der Waals surface area contributed by atoms with E-state index in [4.69, 9.17) is 4.74 Å². The van der Waals surface area contributed by atoms with E-state index >= 15 is 0 Å². The number of likely N-dealkylation sites (tertiary alicyclic amines) is 1. The van der Waals surface area contributed by atoms with E-state index in [1.165, 1.54) is 18.2 Å². The van der Waals surface area contributed by atoms with Crippen molar-refractivity contribution < 1.29 is 22.7 Å². The third kappa shape index (κ3) is 5.00. The normalized spacial score (nSPS) is 23.3. The lowest BCUT2D eigenvalue weighted by Gasteiger charge is -2.33. The maximum Gasteiger partial charge on any atom is 0.300 e. The molecule has 1 saturated heterocycles. The molecule has 1 aromatic heterocycles. The Labute approximate surface area is 183 Å². The fourth-order valence-electron chi connectivity index (χ4n) is 4.11. The van der Waals surface area contributed by atoms with Crippen molar-refractivity contribution in [3.63, 3.8) is 0 Å². The van der Waals surface area contributed by atoms with E-state index in [-0.39, 0.29) is 28.8 Å². The van der Waals surface area contributed by atoms with Crippen LogP contribution in [0.15, 0.2) is 54.6 Å². The molecule has 1 aliphatic carbocycles. The van der Waals surface area contributed by atoms with Crippen LogP contribution < -0.4 is 4.74 Å². The van der Waals surface area contributed by atoms with Crippen molar-refractivity contribution >= 4 is 5.91 Å². The molecule has 2 aromatic rings. The van der Waals surface area contributed by atoms with Gasteiger partial charge in [-0.15, -0.1) is 5.10 Å². The number of benzene rings is 1. The number of nitrogens with zero attached hydrogens (tertiary/aromatic N) is 5. The topological polar surface area (TPSA) is 73.1 Å². The van der Waals surface area contributed by atoms with Gasteiger partial charge in [0.05, 0.1) is 0 Å². The molecule has 0 radical (unpaired) electrons. The molecule has 2 atom stereocenters. The molecule has 170 valence electrons. The predicted octanol–water partition coefficient (Wildman–Crippen LogP) is 3.67. The van der Waals surface area contributed by atoms with Gasteiger partial charge in [0.1, 0.15) is 24.4 Å². The molecule has 0 bridgehead atoms. The van der Waals surface area contributed by atoms with Crippen LogP contribution in [0, 0.1) is 11.3 Å². The number of tetrazole rings is 1. The first-order chi connectivity index (χ1) is 15.2. The van der Waals surface area contributed by atoms with Gasteiger partial charge in [-0.05, 0) is 71.0 Å². The van der Waals surface area contributed by atoms with Crippen LogP contribution in [0.4, 0.5) is 13.2 Å². The van der Waals surface area contributed by atoms with Crippen LogP contribution in [0.5, 0.6) is 5.75 Å². The molecule has 4 rings (SSSR count). The number of halogens is 3. The van der Waals surface area contributed by atoms with Gasteiger partial charge in [0, 0.05) is 18.7 Å². The zero-order valence-electron chi connectivity index (χ0n) is 17.6. The molecule has 1 aromatic carbocycles. The number of ether oxygens (including phenoxy) is 1. The van der Waals surface area contributed by atoms with Crippen molar-refractivity contribution in [3.8, 4) is 5.75 Å². The van der Waals surface area contributed by atoms with Crippen LogP contribution in [0.2, 0.25) is 0 Å².